The van der Waals surface area contributed by atoms with Gasteiger partial charge in [0.25, 0.3) is 0 Å². The summed E-state index contributed by atoms with van der Waals surface area (Å²) in [6, 6.07) is 2.58. The normalized spacial score (nSPS) is 21.3. The number of carbonyl (C=O) groups excluding carboxylic acids is 2. The van der Waals surface area contributed by atoms with Crippen LogP contribution in [0, 0.1) is 11.7 Å². The molecule has 1 aromatic rings. The SMILES string of the molecule is C=C1NC(=O)NC(c2c(F)cccc2Cl)C1C(=O)OC(C)C. The van der Waals surface area contributed by atoms with E-state index in [0.29, 0.717) is 0 Å². The van der Waals surface area contributed by atoms with Crippen molar-refractivity contribution >= 4 is 23.6 Å². The first kappa shape index (κ1) is 16.3. The first-order chi connectivity index (χ1) is 10.3. The van der Waals surface area contributed by atoms with Crippen LogP contribution in [0.3, 0.4) is 0 Å². The summed E-state index contributed by atoms with van der Waals surface area (Å²) in [5, 5.41) is 5.04. The van der Waals surface area contributed by atoms with Gasteiger partial charge in [0, 0.05) is 16.3 Å². The van der Waals surface area contributed by atoms with Crippen molar-refractivity contribution < 1.29 is 18.7 Å². The summed E-state index contributed by atoms with van der Waals surface area (Å²) in [6.07, 6.45) is -0.352. The number of benzene rings is 1. The third-order valence-corrected chi connectivity index (χ3v) is 3.52. The predicted octanol–water partition coefficient (Wildman–Crippen LogP) is 2.91. The summed E-state index contributed by atoms with van der Waals surface area (Å²) in [5.41, 5.74) is 0.171. The fourth-order valence-electron chi connectivity index (χ4n) is 2.32. The molecule has 5 nitrogen and oxygen atoms in total. The highest BCUT2D eigenvalue weighted by Gasteiger charge is 2.41. The molecule has 1 heterocycles. The summed E-state index contributed by atoms with van der Waals surface area (Å²) in [4.78, 5) is 24.0. The molecular formula is C15H16ClFN2O3. The number of halogens is 2. The van der Waals surface area contributed by atoms with Crippen molar-refractivity contribution in [2.45, 2.75) is 26.0 Å². The molecule has 22 heavy (non-hydrogen) atoms. The molecule has 0 spiro atoms. The van der Waals surface area contributed by atoms with Gasteiger partial charge < -0.3 is 15.4 Å². The van der Waals surface area contributed by atoms with Crippen molar-refractivity contribution in [1.29, 1.82) is 0 Å². The number of ether oxygens (including phenoxy) is 1. The van der Waals surface area contributed by atoms with E-state index >= 15 is 0 Å². The molecule has 2 unspecified atom stereocenters. The highest BCUT2D eigenvalue weighted by atomic mass is 35.5. The predicted molar refractivity (Wildman–Crippen MR) is 79.7 cm³/mol. The molecule has 1 fully saturated rings. The molecule has 2 rings (SSSR count). The molecule has 1 saturated heterocycles. The fraction of sp³-hybridized carbons (Fsp3) is 0.333. The van der Waals surface area contributed by atoms with Crippen LogP contribution in [-0.4, -0.2) is 18.1 Å². The van der Waals surface area contributed by atoms with Gasteiger partial charge in [-0.2, -0.15) is 0 Å². The number of urea groups is 1. The lowest BCUT2D eigenvalue weighted by Gasteiger charge is -2.34. The number of hydrogen-bond donors (Lipinski definition) is 2. The second kappa shape index (κ2) is 6.36. The summed E-state index contributed by atoms with van der Waals surface area (Å²) in [5.74, 6) is -2.21. The molecule has 0 aliphatic carbocycles. The van der Waals surface area contributed by atoms with E-state index in [0.717, 1.165) is 0 Å². The quantitative estimate of drug-likeness (QED) is 0.839. The first-order valence-electron chi connectivity index (χ1n) is 6.72. The van der Waals surface area contributed by atoms with Gasteiger partial charge in [-0.3, -0.25) is 4.79 Å². The van der Waals surface area contributed by atoms with Gasteiger partial charge in [-0.15, -0.1) is 0 Å². The van der Waals surface area contributed by atoms with Gasteiger partial charge in [-0.05, 0) is 26.0 Å². The van der Waals surface area contributed by atoms with E-state index in [4.69, 9.17) is 16.3 Å². The highest BCUT2D eigenvalue weighted by Crippen LogP contribution is 2.35. The maximum atomic E-state index is 14.2. The minimum atomic E-state index is -0.985. The second-order valence-corrected chi connectivity index (χ2v) is 5.61. The standard InChI is InChI=1S/C15H16ClFN2O3/c1-7(2)22-14(20)11-8(3)18-15(21)19-13(11)12-9(16)5-4-6-10(12)17/h4-7,11,13H,3H2,1-2H3,(H2,18,19,21). The average Bonchev–Trinajstić information content (AvgIpc) is 2.36. The van der Waals surface area contributed by atoms with Gasteiger partial charge in [0.1, 0.15) is 11.7 Å². The van der Waals surface area contributed by atoms with Crippen LogP contribution in [0.15, 0.2) is 30.5 Å². The lowest BCUT2D eigenvalue weighted by Crippen LogP contribution is -2.51. The number of amides is 2. The Bertz CT molecular complexity index is 613. The maximum Gasteiger partial charge on any atom is 0.319 e. The van der Waals surface area contributed by atoms with E-state index < -0.39 is 29.8 Å². The van der Waals surface area contributed by atoms with Crippen molar-refractivity contribution in [3.8, 4) is 0 Å². The Morgan fingerprint density at radius 3 is 2.73 bits per heavy atom. The van der Waals surface area contributed by atoms with Crippen molar-refractivity contribution in [3.63, 3.8) is 0 Å². The van der Waals surface area contributed by atoms with Gasteiger partial charge in [0.15, 0.2) is 0 Å². The highest BCUT2D eigenvalue weighted by molar-refractivity contribution is 6.31. The Labute approximate surface area is 132 Å². The largest absolute Gasteiger partial charge is 0.462 e. The summed E-state index contributed by atoms with van der Waals surface area (Å²) >= 11 is 6.04. The van der Waals surface area contributed by atoms with Crippen molar-refractivity contribution in [2.75, 3.05) is 0 Å². The number of rotatable bonds is 3. The van der Waals surface area contributed by atoms with Crippen LogP contribution < -0.4 is 10.6 Å². The van der Waals surface area contributed by atoms with E-state index in [1.54, 1.807) is 13.8 Å². The van der Waals surface area contributed by atoms with Crippen LogP contribution in [0.2, 0.25) is 5.02 Å². The number of carbonyl (C=O) groups is 2. The molecule has 0 aromatic heterocycles. The molecule has 2 atom stereocenters. The molecule has 1 aliphatic rings. The van der Waals surface area contributed by atoms with E-state index in [1.165, 1.54) is 18.2 Å². The zero-order valence-corrected chi connectivity index (χ0v) is 12.9. The number of hydrogen-bond acceptors (Lipinski definition) is 3. The molecule has 1 aliphatic heterocycles. The maximum absolute atomic E-state index is 14.2. The lowest BCUT2D eigenvalue weighted by molar-refractivity contribution is -0.152. The Morgan fingerprint density at radius 1 is 1.45 bits per heavy atom. The molecule has 2 amide bonds. The molecule has 7 heteroatoms. The van der Waals surface area contributed by atoms with Crippen LogP contribution in [0.4, 0.5) is 9.18 Å². The molecule has 2 N–H and O–H groups in total. The molecule has 1 aromatic carbocycles. The van der Waals surface area contributed by atoms with Crippen LogP contribution in [-0.2, 0) is 9.53 Å². The molecular weight excluding hydrogens is 311 g/mol. The Kier molecular flexibility index (Phi) is 4.71. The number of esters is 1. The zero-order valence-electron chi connectivity index (χ0n) is 12.2. The van der Waals surface area contributed by atoms with E-state index in [9.17, 15) is 14.0 Å². The molecule has 118 valence electrons. The Hall–Kier alpha value is -2.08. The smallest absolute Gasteiger partial charge is 0.319 e. The van der Waals surface area contributed by atoms with Gasteiger partial charge in [0.05, 0.1) is 12.1 Å². The summed E-state index contributed by atoms with van der Waals surface area (Å²) in [6.45, 7) is 7.06. The minimum Gasteiger partial charge on any atom is -0.462 e. The van der Waals surface area contributed by atoms with Crippen LogP contribution in [0.1, 0.15) is 25.5 Å². The van der Waals surface area contributed by atoms with Gasteiger partial charge in [-0.1, -0.05) is 24.2 Å². The molecule has 0 bridgehead atoms. The molecule has 0 radical (unpaired) electrons. The van der Waals surface area contributed by atoms with E-state index in [1.807, 2.05) is 0 Å². The summed E-state index contributed by atoms with van der Waals surface area (Å²) < 4.78 is 19.3. The first-order valence-corrected chi connectivity index (χ1v) is 7.09. The van der Waals surface area contributed by atoms with Gasteiger partial charge in [-0.25, -0.2) is 9.18 Å². The van der Waals surface area contributed by atoms with E-state index in [2.05, 4.69) is 17.2 Å². The summed E-state index contributed by atoms with van der Waals surface area (Å²) in [7, 11) is 0. The van der Waals surface area contributed by atoms with Crippen molar-refractivity contribution in [3.05, 3.63) is 46.9 Å². The van der Waals surface area contributed by atoms with E-state index in [-0.39, 0.29) is 22.4 Å². The van der Waals surface area contributed by atoms with Crippen LogP contribution in [0.5, 0.6) is 0 Å². The number of nitrogens with one attached hydrogen (secondary N) is 2. The fourth-order valence-corrected chi connectivity index (χ4v) is 2.60. The lowest BCUT2D eigenvalue weighted by atomic mass is 9.88. The Balaban J connectivity index is 2.45. The third-order valence-electron chi connectivity index (χ3n) is 3.19. The molecule has 0 saturated carbocycles. The van der Waals surface area contributed by atoms with Gasteiger partial charge >= 0.3 is 12.0 Å². The zero-order chi connectivity index (χ0) is 16.4. The van der Waals surface area contributed by atoms with Crippen molar-refractivity contribution in [2.24, 2.45) is 5.92 Å². The van der Waals surface area contributed by atoms with Crippen LogP contribution in [0.25, 0.3) is 0 Å². The topological polar surface area (TPSA) is 67.4 Å². The second-order valence-electron chi connectivity index (χ2n) is 5.20. The van der Waals surface area contributed by atoms with Gasteiger partial charge in [0.2, 0.25) is 0 Å². The van der Waals surface area contributed by atoms with Crippen LogP contribution >= 0.6 is 11.6 Å². The Morgan fingerprint density at radius 2 is 2.14 bits per heavy atom. The third kappa shape index (κ3) is 3.22. The minimum absolute atomic E-state index is 0.0332. The average molecular weight is 327 g/mol. The monoisotopic (exact) mass is 326 g/mol. The van der Waals surface area contributed by atoms with Crippen molar-refractivity contribution in [1.82, 2.24) is 10.6 Å².